The summed E-state index contributed by atoms with van der Waals surface area (Å²) in [6.45, 7) is 0.168. The summed E-state index contributed by atoms with van der Waals surface area (Å²) in [5, 5.41) is 8.91. The maximum atomic E-state index is 8.58. The molecule has 6 heteroatoms. The fourth-order valence-corrected chi connectivity index (χ4v) is 1.09. The average molecular weight is 206 g/mol. The first-order chi connectivity index (χ1) is 5.70. The van der Waals surface area contributed by atoms with Crippen LogP contribution in [0.2, 0.25) is 10.3 Å². The van der Waals surface area contributed by atoms with Crippen molar-refractivity contribution in [3.63, 3.8) is 0 Å². The van der Waals surface area contributed by atoms with Crippen LogP contribution in [0.25, 0.3) is 0 Å². The fraction of sp³-hybridized carbons (Fsp3) is 0.333. The Morgan fingerprint density at radius 3 is 2.83 bits per heavy atom. The highest BCUT2D eigenvalue weighted by Gasteiger charge is 2.12. The van der Waals surface area contributed by atoms with E-state index in [0.717, 1.165) is 0 Å². The third kappa shape index (κ3) is 1.53. The molecule has 1 aromatic heterocycles. The number of rotatable bonds is 2. The molecule has 0 aliphatic carbocycles. The molecule has 0 atom stereocenters. The minimum atomic E-state index is 0.116. The van der Waals surface area contributed by atoms with Gasteiger partial charge >= 0.3 is 0 Å². The molecule has 0 bridgehead atoms. The number of ether oxygens (including phenoxy) is 1. The van der Waals surface area contributed by atoms with E-state index in [9.17, 15) is 0 Å². The van der Waals surface area contributed by atoms with Gasteiger partial charge in [-0.15, -0.1) is 0 Å². The van der Waals surface area contributed by atoms with Crippen LogP contribution in [0.3, 0.4) is 0 Å². The summed E-state index contributed by atoms with van der Waals surface area (Å²) in [5.74, 6) is 0.145. The fourth-order valence-electron chi connectivity index (χ4n) is 0.736. The van der Waals surface area contributed by atoms with Gasteiger partial charge in [-0.1, -0.05) is 23.2 Å². The third-order valence-corrected chi connectivity index (χ3v) is 1.97. The topological polar surface area (TPSA) is 50.8 Å². The molecule has 12 heavy (non-hydrogen) atoms. The van der Waals surface area contributed by atoms with Crippen molar-refractivity contribution in [2.45, 2.75) is 6.73 Å². The van der Waals surface area contributed by atoms with E-state index in [1.165, 1.54) is 11.7 Å². The monoisotopic (exact) mass is 205 g/mol. The Balaban J connectivity index is 3.14. The summed E-state index contributed by atoms with van der Waals surface area (Å²) in [6, 6.07) is 1.85. The van der Waals surface area contributed by atoms with E-state index < -0.39 is 0 Å². The minimum Gasteiger partial charge on any atom is -0.364 e. The Labute approximate surface area is 79.3 Å². The van der Waals surface area contributed by atoms with Crippen molar-refractivity contribution >= 4 is 23.2 Å². The Bertz CT molecular complexity index is 328. The first kappa shape index (κ1) is 9.33. The molecule has 0 saturated carbocycles. The van der Waals surface area contributed by atoms with Crippen LogP contribution in [0.4, 0.5) is 0 Å². The van der Waals surface area contributed by atoms with E-state index in [1.54, 1.807) is 0 Å². The van der Waals surface area contributed by atoms with Crippen molar-refractivity contribution in [3.05, 3.63) is 16.1 Å². The predicted molar refractivity (Wildman–Crippen MR) is 44.0 cm³/mol. The van der Waals surface area contributed by atoms with Crippen molar-refractivity contribution in [2.75, 3.05) is 7.11 Å². The first-order valence-electron chi connectivity index (χ1n) is 3.01. The van der Waals surface area contributed by atoms with E-state index in [-0.39, 0.29) is 22.9 Å². The summed E-state index contributed by atoms with van der Waals surface area (Å²) in [5.41, 5.74) is 0. The van der Waals surface area contributed by atoms with E-state index in [0.29, 0.717) is 0 Å². The molecule has 0 radical (unpaired) electrons. The second-order valence-electron chi connectivity index (χ2n) is 1.97. The lowest BCUT2D eigenvalue weighted by molar-refractivity contribution is 0.130. The van der Waals surface area contributed by atoms with Crippen LogP contribution in [0.5, 0.6) is 0 Å². The van der Waals surface area contributed by atoms with Crippen LogP contribution in [0.15, 0.2) is 0 Å². The van der Waals surface area contributed by atoms with Crippen molar-refractivity contribution in [1.29, 1.82) is 5.26 Å². The lowest BCUT2D eigenvalue weighted by atomic mass is 10.7. The molecule has 64 valence electrons. The summed E-state index contributed by atoms with van der Waals surface area (Å²) in [6.07, 6.45) is 0. The van der Waals surface area contributed by atoms with Gasteiger partial charge in [0.2, 0.25) is 5.82 Å². The van der Waals surface area contributed by atoms with Gasteiger partial charge in [-0.3, -0.25) is 4.57 Å². The summed E-state index contributed by atoms with van der Waals surface area (Å²) >= 11 is 11.3. The van der Waals surface area contributed by atoms with Crippen LogP contribution in [-0.4, -0.2) is 16.7 Å². The number of nitriles is 1. The number of nitrogens with zero attached hydrogens (tertiary/aromatic N) is 3. The number of methoxy groups -OCH3 is 1. The first-order valence-corrected chi connectivity index (χ1v) is 3.77. The number of imidazole rings is 1. The molecule has 1 heterocycles. The molecule has 0 saturated heterocycles. The van der Waals surface area contributed by atoms with Crippen LogP contribution in [-0.2, 0) is 11.5 Å². The van der Waals surface area contributed by atoms with Crippen LogP contribution >= 0.6 is 23.2 Å². The lowest BCUT2D eigenvalue weighted by Gasteiger charge is -2.01. The Kier molecular flexibility index (Phi) is 2.93. The van der Waals surface area contributed by atoms with Crippen LogP contribution in [0.1, 0.15) is 5.82 Å². The van der Waals surface area contributed by atoms with Crippen molar-refractivity contribution in [1.82, 2.24) is 9.55 Å². The largest absolute Gasteiger partial charge is 0.364 e. The molecular formula is C6H5Cl2N3O. The maximum absolute atomic E-state index is 8.58. The molecular weight excluding hydrogens is 201 g/mol. The third-order valence-electron chi connectivity index (χ3n) is 1.23. The summed E-state index contributed by atoms with van der Waals surface area (Å²) in [7, 11) is 1.49. The van der Waals surface area contributed by atoms with Gasteiger partial charge in [0.15, 0.2) is 10.3 Å². The number of halogens is 2. The summed E-state index contributed by atoms with van der Waals surface area (Å²) < 4.78 is 6.17. The predicted octanol–water partition coefficient (Wildman–Crippen LogP) is 1.67. The Morgan fingerprint density at radius 1 is 1.67 bits per heavy atom. The summed E-state index contributed by atoms with van der Waals surface area (Å²) in [4.78, 5) is 3.70. The van der Waals surface area contributed by atoms with Gasteiger partial charge in [-0.2, -0.15) is 5.26 Å². The lowest BCUT2D eigenvalue weighted by Crippen LogP contribution is -2.02. The zero-order valence-corrected chi connectivity index (χ0v) is 7.72. The second kappa shape index (κ2) is 3.76. The van der Waals surface area contributed by atoms with E-state index in [4.69, 9.17) is 33.2 Å². The van der Waals surface area contributed by atoms with Crippen LogP contribution < -0.4 is 0 Å². The van der Waals surface area contributed by atoms with Crippen molar-refractivity contribution in [2.24, 2.45) is 0 Å². The smallest absolute Gasteiger partial charge is 0.217 e. The van der Waals surface area contributed by atoms with Gasteiger partial charge in [-0.25, -0.2) is 4.98 Å². The SMILES string of the molecule is COCn1c(C#N)nc(Cl)c1Cl. The maximum Gasteiger partial charge on any atom is 0.217 e. The Hall–Kier alpha value is -0.760. The van der Waals surface area contributed by atoms with Gasteiger partial charge in [0, 0.05) is 7.11 Å². The second-order valence-corrected chi connectivity index (χ2v) is 2.69. The van der Waals surface area contributed by atoms with Gasteiger partial charge in [0.25, 0.3) is 0 Å². The molecule has 0 amide bonds. The molecule has 1 rings (SSSR count). The highest BCUT2D eigenvalue weighted by Crippen LogP contribution is 2.22. The zero-order chi connectivity index (χ0) is 9.14. The molecule has 0 aliphatic heterocycles. The van der Waals surface area contributed by atoms with E-state index in [2.05, 4.69) is 4.98 Å². The molecule has 0 unspecified atom stereocenters. The zero-order valence-electron chi connectivity index (χ0n) is 6.21. The molecule has 0 fully saturated rings. The van der Waals surface area contributed by atoms with E-state index >= 15 is 0 Å². The standard InChI is InChI=1S/C6H5Cl2N3O/c1-12-3-11-4(2-9)10-5(7)6(11)8/h3H2,1H3. The minimum absolute atomic E-state index is 0.116. The van der Waals surface area contributed by atoms with Crippen molar-refractivity contribution in [3.8, 4) is 6.07 Å². The molecule has 0 spiro atoms. The van der Waals surface area contributed by atoms with Gasteiger partial charge in [-0.05, 0) is 0 Å². The Morgan fingerprint density at radius 2 is 2.33 bits per heavy atom. The molecule has 0 N–H and O–H groups in total. The quantitative estimate of drug-likeness (QED) is 0.739. The van der Waals surface area contributed by atoms with Crippen LogP contribution in [0, 0.1) is 11.3 Å². The number of hydrogen-bond acceptors (Lipinski definition) is 3. The average Bonchev–Trinajstić information content (AvgIpc) is 2.33. The molecule has 0 aromatic carbocycles. The van der Waals surface area contributed by atoms with E-state index in [1.807, 2.05) is 6.07 Å². The number of hydrogen-bond donors (Lipinski definition) is 0. The molecule has 4 nitrogen and oxygen atoms in total. The number of aromatic nitrogens is 2. The normalized spacial score (nSPS) is 9.83. The van der Waals surface area contributed by atoms with Gasteiger partial charge < -0.3 is 4.74 Å². The van der Waals surface area contributed by atoms with Gasteiger partial charge in [0.05, 0.1) is 0 Å². The highest BCUT2D eigenvalue weighted by atomic mass is 35.5. The molecule has 0 aliphatic rings. The van der Waals surface area contributed by atoms with Crippen molar-refractivity contribution < 1.29 is 4.74 Å². The highest BCUT2D eigenvalue weighted by molar-refractivity contribution is 6.40. The van der Waals surface area contributed by atoms with Gasteiger partial charge in [0.1, 0.15) is 12.8 Å². The molecule has 1 aromatic rings.